The molecule has 2 aromatic heterocycles. The van der Waals surface area contributed by atoms with Crippen molar-refractivity contribution in [3.8, 4) is 0 Å². The number of nitrogens with one attached hydrogen (secondary N) is 1. The summed E-state index contributed by atoms with van der Waals surface area (Å²) in [7, 11) is 1.72. The van der Waals surface area contributed by atoms with Crippen LogP contribution < -0.4 is 5.32 Å². The summed E-state index contributed by atoms with van der Waals surface area (Å²) in [5, 5.41) is 3.03. The minimum atomic E-state index is -0.622. The normalized spacial score (nSPS) is 12.8. The molecule has 0 aliphatic rings. The first kappa shape index (κ1) is 23.9. The summed E-state index contributed by atoms with van der Waals surface area (Å²) < 4.78 is 12.7. The number of esters is 2. The smallest absolute Gasteiger partial charge is 0.311 e. The number of nitrogens with zero attached hydrogens (tertiary/aromatic N) is 4. The molecule has 2 heterocycles. The van der Waals surface area contributed by atoms with E-state index in [2.05, 4.69) is 20.3 Å². The monoisotopic (exact) mass is 439 g/mol. The van der Waals surface area contributed by atoms with Crippen molar-refractivity contribution in [3.05, 3.63) is 11.6 Å². The summed E-state index contributed by atoms with van der Waals surface area (Å²) in [4.78, 5) is 36.9. The van der Waals surface area contributed by atoms with Crippen molar-refractivity contribution in [1.82, 2.24) is 19.5 Å². The number of fused-ring (bicyclic) bond motifs is 1. The Bertz CT molecular complexity index is 891. The van der Waals surface area contributed by atoms with Gasteiger partial charge in [-0.25, -0.2) is 4.98 Å². The van der Waals surface area contributed by atoms with Crippen molar-refractivity contribution >= 4 is 40.5 Å². The molecule has 0 saturated carbocycles. The molecule has 166 valence electrons. The van der Waals surface area contributed by atoms with E-state index >= 15 is 0 Å². The number of aromatic nitrogens is 4. The van der Waals surface area contributed by atoms with Crippen molar-refractivity contribution in [2.24, 2.45) is 17.3 Å². The van der Waals surface area contributed by atoms with Crippen molar-refractivity contribution in [3.63, 3.8) is 0 Å². The number of ether oxygens (including phenoxy) is 2. The van der Waals surface area contributed by atoms with E-state index in [9.17, 15) is 9.59 Å². The Hall–Kier alpha value is -2.42. The molecule has 0 fully saturated rings. The average Bonchev–Trinajstić information content (AvgIpc) is 3.04. The Morgan fingerprint density at radius 3 is 2.47 bits per heavy atom. The molecule has 0 aliphatic carbocycles. The molecule has 0 saturated heterocycles. The zero-order chi connectivity index (χ0) is 22.5. The second kappa shape index (κ2) is 10.1. The first-order valence-corrected chi connectivity index (χ1v) is 10.3. The fourth-order valence-corrected chi connectivity index (χ4v) is 2.83. The molecule has 0 bridgehead atoms. The van der Waals surface area contributed by atoms with Gasteiger partial charge in [-0.3, -0.25) is 9.59 Å². The second-order valence-corrected chi connectivity index (χ2v) is 8.99. The Labute approximate surface area is 181 Å². The van der Waals surface area contributed by atoms with E-state index in [0.717, 1.165) is 0 Å². The number of carbonyl (C=O) groups excluding carboxylic acids is 2. The van der Waals surface area contributed by atoms with Gasteiger partial charge in [0.1, 0.15) is 0 Å². The minimum Gasteiger partial charge on any atom is -0.465 e. The van der Waals surface area contributed by atoms with Crippen LogP contribution in [0.25, 0.3) is 11.2 Å². The van der Waals surface area contributed by atoms with Gasteiger partial charge in [0.25, 0.3) is 0 Å². The molecule has 1 atom stereocenters. The lowest BCUT2D eigenvalue weighted by molar-refractivity contribution is -0.156. The van der Waals surface area contributed by atoms with Gasteiger partial charge >= 0.3 is 11.9 Å². The minimum absolute atomic E-state index is 0.0904. The SMILES string of the molecule is CNc1nc(Cl)nc2c1ncn2CC(COC(=O)CC(C)C)COC(=O)C(C)(C)C. The zero-order valence-corrected chi connectivity index (χ0v) is 19.1. The molecule has 1 unspecified atom stereocenters. The third-order valence-electron chi connectivity index (χ3n) is 4.25. The van der Waals surface area contributed by atoms with Crippen LogP contribution in [-0.4, -0.2) is 51.7 Å². The number of rotatable bonds is 9. The molecular formula is C20H30ClN5O4. The van der Waals surface area contributed by atoms with Crippen LogP contribution in [0.4, 0.5) is 5.82 Å². The van der Waals surface area contributed by atoms with Crippen LogP contribution in [0.15, 0.2) is 6.33 Å². The standard InChI is InChI=1S/C20H30ClN5O4/c1-12(2)7-14(27)29-9-13(10-30-18(28)20(3,4)5)8-26-11-23-15-16(22-6)24-19(21)25-17(15)26/h11-13H,7-10H2,1-6H3,(H,22,24,25). The quantitative estimate of drug-likeness (QED) is 0.468. The molecular weight excluding hydrogens is 410 g/mol. The number of carbonyl (C=O) groups is 2. The van der Waals surface area contributed by atoms with Gasteiger partial charge in [-0.1, -0.05) is 13.8 Å². The predicted molar refractivity (Wildman–Crippen MR) is 114 cm³/mol. The molecule has 0 spiro atoms. The van der Waals surface area contributed by atoms with Crippen LogP contribution in [0.3, 0.4) is 0 Å². The van der Waals surface area contributed by atoms with E-state index in [1.54, 1.807) is 38.7 Å². The predicted octanol–water partition coefficient (Wildman–Crippen LogP) is 3.32. The zero-order valence-electron chi connectivity index (χ0n) is 18.4. The first-order valence-electron chi connectivity index (χ1n) is 9.90. The fraction of sp³-hybridized carbons (Fsp3) is 0.650. The highest BCUT2D eigenvalue weighted by Gasteiger charge is 2.25. The summed E-state index contributed by atoms with van der Waals surface area (Å²) in [6, 6.07) is 0. The Morgan fingerprint density at radius 2 is 1.87 bits per heavy atom. The summed E-state index contributed by atoms with van der Waals surface area (Å²) in [6.45, 7) is 9.84. The highest BCUT2D eigenvalue weighted by molar-refractivity contribution is 6.28. The van der Waals surface area contributed by atoms with Gasteiger partial charge in [0.05, 0.1) is 25.0 Å². The van der Waals surface area contributed by atoms with Crippen LogP contribution in [0.5, 0.6) is 0 Å². The number of hydrogen-bond acceptors (Lipinski definition) is 8. The average molecular weight is 440 g/mol. The van der Waals surface area contributed by atoms with Gasteiger partial charge in [-0.05, 0) is 38.3 Å². The molecule has 9 nitrogen and oxygen atoms in total. The first-order chi connectivity index (χ1) is 14.0. The third kappa shape index (κ3) is 6.55. The molecule has 2 aromatic rings. The molecule has 0 aliphatic heterocycles. The maximum Gasteiger partial charge on any atom is 0.311 e. The van der Waals surface area contributed by atoms with Crippen molar-refractivity contribution in [2.75, 3.05) is 25.6 Å². The number of imidazole rings is 1. The summed E-state index contributed by atoms with van der Waals surface area (Å²) >= 11 is 6.03. The molecule has 2 rings (SSSR count). The lowest BCUT2D eigenvalue weighted by Gasteiger charge is -2.22. The largest absolute Gasteiger partial charge is 0.465 e. The van der Waals surface area contributed by atoms with Gasteiger partial charge in [0.15, 0.2) is 17.0 Å². The Balaban J connectivity index is 2.19. The van der Waals surface area contributed by atoms with Gasteiger partial charge < -0.3 is 19.4 Å². The Kier molecular flexibility index (Phi) is 8.00. The topological polar surface area (TPSA) is 108 Å². The van der Waals surface area contributed by atoms with Crippen LogP contribution in [-0.2, 0) is 25.6 Å². The van der Waals surface area contributed by atoms with Crippen molar-refractivity contribution in [1.29, 1.82) is 0 Å². The lowest BCUT2D eigenvalue weighted by atomic mass is 9.97. The van der Waals surface area contributed by atoms with Crippen molar-refractivity contribution in [2.45, 2.75) is 47.6 Å². The number of hydrogen-bond donors (Lipinski definition) is 1. The molecule has 0 aromatic carbocycles. The highest BCUT2D eigenvalue weighted by atomic mass is 35.5. The van der Waals surface area contributed by atoms with Crippen molar-refractivity contribution < 1.29 is 19.1 Å². The van der Waals surface area contributed by atoms with Gasteiger partial charge in [-0.2, -0.15) is 9.97 Å². The van der Waals surface area contributed by atoms with E-state index in [4.69, 9.17) is 21.1 Å². The number of halogens is 1. The summed E-state index contributed by atoms with van der Waals surface area (Å²) in [6.07, 6.45) is 1.95. The van der Waals surface area contributed by atoms with E-state index in [1.165, 1.54) is 0 Å². The maximum absolute atomic E-state index is 12.2. The van der Waals surface area contributed by atoms with Crippen LogP contribution in [0, 0.1) is 17.3 Å². The van der Waals surface area contributed by atoms with E-state index in [0.29, 0.717) is 29.9 Å². The van der Waals surface area contributed by atoms with Crippen LogP contribution >= 0.6 is 11.6 Å². The Morgan fingerprint density at radius 1 is 1.20 bits per heavy atom. The molecule has 30 heavy (non-hydrogen) atoms. The fourth-order valence-electron chi connectivity index (χ4n) is 2.67. The van der Waals surface area contributed by atoms with Crippen LogP contribution in [0.1, 0.15) is 41.0 Å². The molecule has 10 heteroatoms. The summed E-state index contributed by atoms with van der Waals surface area (Å²) in [5.41, 5.74) is 0.493. The summed E-state index contributed by atoms with van der Waals surface area (Å²) in [5.74, 6) is -0.166. The van der Waals surface area contributed by atoms with E-state index in [-0.39, 0.29) is 42.3 Å². The number of anilines is 1. The highest BCUT2D eigenvalue weighted by Crippen LogP contribution is 2.22. The van der Waals surface area contributed by atoms with Crippen LogP contribution in [0.2, 0.25) is 5.28 Å². The van der Waals surface area contributed by atoms with E-state index < -0.39 is 5.41 Å². The van der Waals surface area contributed by atoms with Gasteiger partial charge in [-0.15, -0.1) is 0 Å². The third-order valence-corrected chi connectivity index (χ3v) is 4.41. The van der Waals surface area contributed by atoms with E-state index in [1.807, 2.05) is 13.8 Å². The second-order valence-electron chi connectivity index (χ2n) is 8.66. The molecule has 0 radical (unpaired) electrons. The molecule has 0 amide bonds. The maximum atomic E-state index is 12.2. The van der Waals surface area contributed by atoms with Gasteiger partial charge in [0.2, 0.25) is 5.28 Å². The molecule has 1 N–H and O–H groups in total. The van der Waals surface area contributed by atoms with Gasteiger partial charge in [0, 0.05) is 25.9 Å². The lowest BCUT2D eigenvalue weighted by Crippen LogP contribution is -2.29.